The number of imidazole rings is 1. The monoisotopic (exact) mass is 349 g/mol. The number of hydrazine groups is 1. The normalized spacial score (nSPS) is 12.3. The van der Waals surface area contributed by atoms with Crippen molar-refractivity contribution in [2.75, 3.05) is 5.01 Å². The summed E-state index contributed by atoms with van der Waals surface area (Å²) in [5.74, 6) is 7.03. The van der Waals surface area contributed by atoms with Crippen LogP contribution in [0.1, 0.15) is 18.5 Å². The van der Waals surface area contributed by atoms with Crippen molar-refractivity contribution in [3.05, 3.63) is 72.7 Å². The van der Waals surface area contributed by atoms with Gasteiger partial charge in [-0.1, -0.05) is 12.1 Å². The zero-order valence-corrected chi connectivity index (χ0v) is 14.0. The van der Waals surface area contributed by atoms with Gasteiger partial charge in [0.25, 0.3) is 0 Å². The van der Waals surface area contributed by atoms with E-state index < -0.39 is 0 Å². The molecule has 2 N–H and O–H groups in total. The van der Waals surface area contributed by atoms with Crippen molar-refractivity contribution < 1.29 is 4.39 Å². The Bertz CT molecular complexity index is 1040. The molecule has 0 aliphatic rings. The first-order valence-electron chi connectivity index (χ1n) is 8.03. The second kappa shape index (κ2) is 6.49. The van der Waals surface area contributed by atoms with Gasteiger partial charge >= 0.3 is 0 Å². The van der Waals surface area contributed by atoms with Crippen molar-refractivity contribution in [3.8, 4) is 5.82 Å². The summed E-state index contributed by atoms with van der Waals surface area (Å²) in [7, 11) is 0. The van der Waals surface area contributed by atoms with Gasteiger partial charge < -0.3 is 0 Å². The van der Waals surface area contributed by atoms with E-state index >= 15 is 0 Å². The molecule has 1 aromatic carbocycles. The molecule has 4 rings (SSSR count). The summed E-state index contributed by atoms with van der Waals surface area (Å²) >= 11 is 0. The van der Waals surface area contributed by atoms with E-state index in [-0.39, 0.29) is 11.9 Å². The smallest absolute Gasteiger partial charge is 0.177 e. The molecule has 0 aliphatic carbocycles. The Morgan fingerprint density at radius 2 is 1.92 bits per heavy atom. The van der Waals surface area contributed by atoms with Gasteiger partial charge in [-0.3, -0.25) is 14.6 Å². The van der Waals surface area contributed by atoms with Crippen LogP contribution in [0.5, 0.6) is 0 Å². The molecular weight excluding hydrogens is 333 g/mol. The van der Waals surface area contributed by atoms with Crippen LogP contribution < -0.4 is 10.9 Å². The zero-order valence-electron chi connectivity index (χ0n) is 14.0. The summed E-state index contributed by atoms with van der Waals surface area (Å²) in [4.78, 5) is 17.3. The van der Waals surface area contributed by atoms with Crippen LogP contribution in [0.4, 0.5) is 10.2 Å². The first kappa shape index (κ1) is 16.1. The van der Waals surface area contributed by atoms with Crippen LogP contribution in [-0.4, -0.2) is 24.5 Å². The number of hydrogen-bond donors (Lipinski definition) is 1. The van der Waals surface area contributed by atoms with E-state index in [2.05, 4.69) is 19.9 Å². The number of nitrogens with zero attached hydrogens (tertiary/aromatic N) is 6. The van der Waals surface area contributed by atoms with Crippen molar-refractivity contribution in [2.45, 2.75) is 13.0 Å². The SMILES string of the molecule is C[C@@H](c1ccc(F)cc1)N(N)c1cncc(-n2cnc3ncccc32)n1. The Morgan fingerprint density at radius 3 is 2.73 bits per heavy atom. The number of pyridine rings is 1. The van der Waals surface area contributed by atoms with E-state index in [1.165, 1.54) is 17.1 Å². The molecule has 130 valence electrons. The molecule has 4 aromatic rings. The molecule has 3 heterocycles. The fourth-order valence-corrected chi connectivity index (χ4v) is 2.72. The summed E-state index contributed by atoms with van der Waals surface area (Å²) in [6.07, 6.45) is 6.55. The Balaban J connectivity index is 1.68. The third-order valence-corrected chi connectivity index (χ3v) is 4.21. The van der Waals surface area contributed by atoms with E-state index in [1.54, 1.807) is 41.6 Å². The molecule has 0 fully saturated rings. The average molecular weight is 349 g/mol. The molecule has 0 bridgehead atoms. The van der Waals surface area contributed by atoms with E-state index in [9.17, 15) is 4.39 Å². The van der Waals surface area contributed by atoms with Crippen LogP contribution in [0.2, 0.25) is 0 Å². The maximum absolute atomic E-state index is 13.1. The summed E-state index contributed by atoms with van der Waals surface area (Å²) in [5, 5.41) is 1.50. The quantitative estimate of drug-likeness (QED) is 0.450. The number of aromatic nitrogens is 5. The van der Waals surface area contributed by atoms with Crippen molar-refractivity contribution in [1.82, 2.24) is 24.5 Å². The van der Waals surface area contributed by atoms with Crippen LogP contribution in [0.15, 0.2) is 61.3 Å². The van der Waals surface area contributed by atoms with Crippen molar-refractivity contribution in [2.24, 2.45) is 5.84 Å². The number of fused-ring (bicyclic) bond motifs is 1. The third-order valence-electron chi connectivity index (χ3n) is 4.21. The fourth-order valence-electron chi connectivity index (χ4n) is 2.72. The number of halogens is 1. The molecule has 3 aromatic heterocycles. The van der Waals surface area contributed by atoms with Gasteiger partial charge in [-0.15, -0.1) is 0 Å². The summed E-state index contributed by atoms with van der Waals surface area (Å²) < 4.78 is 14.9. The molecule has 26 heavy (non-hydrogen) atoms. The number of rotatable bonds is 4. The molecule has 8 heteroatoms. The number of benzene rings is 1. The van der Waals surface area contributed by atoms with Crippen LogP contribution in [0, 0.1) is 5.82 Å². The molecule has 0 unspecified atom stereocenters. The Hall–Kier alpha value is -3.39. The third kappa shape index (κ3) is 2.86. The minimum absolute atomic E-state index is 0.207. The van der Waals surface area contributed by atoms with Gasteiger partial charge in [0.15, 0.2) is 17.3 Å². The minimum atomic E-state index is -0.285. The van der Waals surface area contributed by atoms with Gasteiger partial charge in [0.1, 0.15) is 12.1 Å². The fraction of sp³-hybridized carbons (Fsp3) is 0.111. The molecule has 1 atom stereocenters. The highest BCUT2D eigenvalue weighted by molar-refractivity contribution is 5.72. The largest absolute Gasteiger partial charge is 0.286 e. The molecule has 0 aliphatic heterocycles. The zero-order chi connectivity index (χ0) is 18.1. The van der Waals surface area contributed by atoms with E-state index in [0.29, 0.717) is 17.3 Å². The lowest BCUT2D eigenvalue weighted by Gasteiger charge is -2.25. The maximum Gasteiger partial charge on any atom is 0.177 e. The van der Waals surface area contributed by atoms with Crippen LogP contribution in [-0.2, 0) is 0 Å². The second-order valence-electron chi connectivity index (χ2n) is 5.83. The predicted molar refractivity (Wildman–Crippen MR) is 95.9 cm³/mol. The summed E-state index contributed by atoms with van der Waals surface area (Å²) in [6, 6.07) is 9.76. The van der Waals surface area contributed by atoms with Crippen molar-refractivity contribution in [3.63, 3.8) is 0 Å². The summed E-state index contributed by atoms with van der Waals surface area (Å²) in [5.41, 5.74) is 2.33. The van der Waals surface area contributed by atoms with Gasteiger partial charge in [-0.2, -0.15) is 0 Å². The van der Waals surface area contributed by atoms with Gasteiger partial charge in [0.05, 0.1) is 24.0 Å². The van der Waals surface area contributed by atoms with Gasteiger partial charge in [-0.05, 0) is 36.8 Å². The highest BCUT2D eigenvalue weighted by Crippen LogP contribution is 2.23. The molecule has 0 saturated heterocycles. The summed E-state index contributed by atoms with van der Waals surface area (Å²) in [6.45, 7) is 1.91. The molecular formula is C18H16FN7. The molecule has 0 saturated carbocycles. The topological polar surface area (TPSA) is 85.8 Å². The molecule has 0 spiro atoms. The lowest BCUT2D eigenvalue weighted by Crippen LogP contribution is -2.34. The lowest BCUT2D eigenvalue weighted by atomic mass is 10.1. The van der Waals surface area contributed by atoms with Crippen LogP contribution in [0.3, 0.4) is 0 Å². The molecule has 0 amide bonds. The maximum atomic E-state index is 13.1. The van der Waals surface area contributed by atoms with Crippen LogP contribution in [0.25, 0.3) is 17.0 Å². The lowest BCUT2D eigenvalue weighted by molar-refractivity contribution is 0.623. The Kier molecular flexibility index (Phi) is 4.02. The first-order chi connectivity index (χ1) is 12.6. The van der Waals surface area contributed by atoms with E-state index in [0.717, 1.165) is 11.1 Å². The van der Waals surface area contributed by atoms with Gasteiger partial charge in [0, 0.05) is 6.20 Å². The van der Waals surface area contributed by atoms with Crippen LogP contribution >= 0.6 is 0 Å². The Labute approximate surface area is 148 Å². The van der Waals surface area contributed by atoms with E-state index in [4.69, 9.17) is 5.84 Å². The first-order valence-corrected chi connectivity index (χ1v) is 8.03. The predicted octanol–water partition coefficient (Wildman–Crippen LogP) is 2.79. The van der Waals surface area contributed by atoms with Gasteiger partial charge in [-0.25, -0.2) is 25.2 Å². The highest BCUT2D eigenvalue weighted by Gasteiger charge is 2.16. The number of hydrogen-bond acceptors (Lipinski definition) is 6. The molecule has 7 nitrogen and oxygen atoms in total. The molecule has 0 radical (unpaired) electrons. The minimum Gasteiger partial charge on any atom is -0.286 e. The number of anilines is 1. The average Bonchev–Trinajstić information content (AvgIpc) is 3.12. The Morgan fingerprint density at radius 1 is 1.12 bits per heavy atom. The van der Waals surface area contributed by atoms with Crippen molar-refractivity contribution in [1.29, 1.82) is 0 Å². The highest BCUT2D eigenvalue weighted by atomic mass is 19.1. The standard InChI is InChI=1S/C18H16FN7/c1-12(13-4-6-14(19)7-5-13)26(20)17-10-21-9-16(24-17)25-11-23-18-15(25)3-2-8-22-18/h2-12H,20H2,1H3/t12-/m0/s1. The van der Waals surface area contributed by atoms with Crippen molar-refractivity contribution >= 4 is 17.0 Å². The van der Waals surface area contributed by atoms with E-state index in [1.807, 2.05) is 19.1 Å². The van der Waals surface area contributed by atoms with Gasteiger partial charge in [0.2, 0.25) is 0 Å². The second-order valence-corrected chi connectivity index (χ2v) is 5.83. The number of nitrogens with two attached hydrogens (primary N) is 1.